The largest absolute Gasteiger partial charge is 0.480 e. The summed E-state index contributed by atoms with van der Waals surface area (Å²) < 4.78 is 4.05. The molecule has 0 radical (unpaired) electrons. The average molecular weight is 237 g/mol. The highest BCUT2D eigenvalue weighted by Crippen LogP contribution is 2.27. The lowest BCUT2D eigenvalue weighted by Crippen LogP contribution is -2.35. The predicted octanol–water partition coefficient (Wildman–Crippen LogP) is 1.60. The minimum absolute atomic E-state index is 0.578. The van der Waals surface area contributed by atoms with Gasteiger partial charge >= 0.3 is 5.97 Å². The Hall–Kier alpha value is -1.69. The molecule has 2 aromatic heterocycles. The second-order valence-corrected chi connectivity index (χ2v) is 4.28. The van der Waals surface area contributed by atoms with E-state index in [0.717, 1.165) is 15.9 Å². The molecule has 0 saturated carbocycles. The maximum atomic E-state index is 10.9. The Morgan fingerprint density at radius 3 is 3.06 bits per heavy atom. The van der Waals surface area contributed by atoms with Crippen molar-refractivity contribution in [1.29, 1.82) is 0 Å². The highest BCUT2D eigenvalue weighted by atomic mass is 32.1. The van der Waals surface area contributed by atoms with E-state index in [2.05, 4.69) is 9.36 Å². The van der Waals surface area contributed by atoms with Crippen molar-refractivity contribution in [2.24, 2.45) is 0 Å². The molecule has 0 fully saturated rings. The second-order valence-electron chi connectivity index (χ2n) is 3.50. The van der Waals surface area contributed by atoms with Gasteiger partial charge in [-0.25, -0.2) is 9.78 Å². The van der Waals surface area contributed by atoms with Crippen LogP contribution in [-0.4, -0.2) is 33.5 Å². The number of likely N-dealkylation sites (N-methyl/N-ethyl adjacent to an activating group) is 1. The highest BCUT2D eigenvalue weighted by molar-refractivity contribution is 7.12. The number of hydrogen-bond donors (Lipinski definition) is 1. The molecule has 16 heavy (non-hydrogen) atoms. The first kappa shape index (κ1) is 10.8. The average Bonchev–Trinajstić information content (AvgIpc) is 2.74. The molecule has 5 nitrogen and oxygen atoms in total. The van der Waals surface area contributed by atoms with E-state index in [0.29, 0.717) is 0 Å². The highest BCUT2D eigenvalue weighted by Gasteiger charge is 2.19. The first-order chi connectivity index (χ1) is 7.61. The van der Waals surface area contributed by atoms with Crippen molar-refractivity contribution >= 4 is 33.4 Å². The summed E-state index contributed by atoms with van der Waals surface area (Å²) in [5.41, 5.74) is 0.841. The number of rotatable bonds is 3. The number of hydrogen-bond acceptors (Lipinski definition) is 5. The molecule has 6 heteroatoms. The Bertz CT molecular complexity index is 526. The second kappa shape index (κ2) is 4.05. The number of nitrogens with zero attached hydrogens (tertiary/aromatic N) is 3. The molecule has 1 N–H and O–H groups in total. The normalized spacial score (nSPS) is 12.6. The van der Waals surface area contributed by atoms with Crippen LogP contribution in [-0.2, 0) is 4.79 Å². The van der Waals surface area contributed by atoms with E-state index in [1.807, 2.05) is 0 Å². The summed E-state index contributed by atoms with van der Waals surface area (Å²) in [4.78, 5) is 17.6. The molecule has 84 valence electrons. The number of carboxylic acid groups (broad SMARTS) is 1. The summed E-state index contributed by atoms with van der Waals surface area (Å²) in [6.45, 7) is 1.65. The number of aromatic nitrogens is 2. The van der Waals surface area contributed by atoms with Gasteiger partial charge in [0.15, 0.2) is 0 Å². The van der Waals surface area contributed by atoms with E-state index in [4.69, 9.17) is 5.11 Å². The first-order valence-electron chi connectivity index (χ1n) is 4.76. The lowest BCUT2D eigenvalue weighted by molar-refractivity contribution is -0.138. The minimum Gasteiger partial charge on any atom is -0.480 e. The molecular formula is C10H11N3O2S. The first-order valence-corrected chi connectivity index (χ1v) is 5.53. The van der Waals surface area contributed by atoms with Gasteiger partial charge in [0.05, 0.1) is 17.3 Å². The standard InChI is InChI=1S/C10H11N3O2S/c1-6(10(14)15)13(2)8-3-4-11-9-7(8)5-12-16-9/h3-6H,1-2H3,(H,14,15). The van der Waals surface area contributed by atoms with Gasteiger partial charge in [-0.1, -0.05) is 0 Å². The molecule has 0 aliphatic heterocycles. The molecule has 1 unspecified atom stereocenters. The van der Waals surface area contributed by atoms with Crippen LogP contribution in [0.4, 0.5) is 5.69 Å². The maximum Gasteiger partial charge on any atom is 0.326 e. The van der Waals surface area contributed by atoms with Crippen molar-refractivity contribution in [3.63, 3.8) is 0 Å². The third-order valence-electron chi connectivity index (χ3n) is 2.57. The third kappa shape index (κ3) is 1.71. The Balaban J connectivity index is 2.46. The van der Waals surface area contributed by atoms with E-state index in [9.17, 15) is 4.79 Å². The number of pyridine rings is 1. The van der Waals surface area contributed by atoms with Gasteiger partial charge in [-0.2, -0.15) is 4.37 Å². The molecule has 0 amide bonds. The molecule has 0 aromatic carbocycles. The van der Waals surface area contributed by atoms with Crippen LogP contribution in [0, 0.1) is 0 Å². The number of fused-ring (bicyclic) bond motifs is 1. The third-order valence-corrected chi connectivity index (χ3v) is 3.28. The van der Waals surface area contributed by atoms with Crippen molar-refractivity contribution in [3.8, 4) is 0 Å². The van der Waals surface area contributed by atoms with Gasteiger partial charge in [-0.3, -0.25) is 0 Å². The predicted molar refractivity (Wildman–Crippen MR) is 62.9 cm³/mol. The van der Waals surface area contributed by atoms with Crippen molar-refractivity contribution < 1.29 is 9.90 Å². The molecule has 2 aromatic rings. The summed E-state index contributed by atoms with van der Waals surface area (Å²) in [5, 5.41) is 9.86. The van der Waals surface area contributed by atoms with E-state index in [1.54, 1.807) is 37.3 Å². The number of carbonyl (C=O) groups is 1. The molecule has 0 saturated heterocycles. The molecular weight excluding hydrogens is 226 g/mol. The molecule has 0 spiro atoms. The van der Waals surface area contributed by atoms with Crippen LogP contribution in [0.2, 0.25) is 0 Å². The fourth-order valence-corrected chi connectivity index (χ4v) is 2.07. The zero-order valence-electron chi connectivity index (χ0n) is 8.91. The summed E-state index contributed by atoms with van der Waals surface area (Å²) >= 11 is 1.30. The van der Waals surface area contributed by atoms with Crippen molar-refractivity contribution in [2.75, 3.05) is 11.9 Å². The van der Waals surface area contributed by atoms with E-state index in [-0.39, 0.29) is 0 Å². The van der Waals surface area contributed by atoms with Gasteiger partial charge in [0.1, 0.15) is 10.9 Å². The molecule has 0 aliphatic rings. The van der Waals surface area contributed by atoms with Crippen LogP contribution in [0.25, 0.3) is 10.2 Å². The van der Waals surface area contributed by atoms with Crippen LogP contribution in [0.3, 0.4) is 0 Å². The SMILES string of the molecule is CC(C(=O)O)N(C)c1ccnc2sncc12. The Morgan fingerprint density at radius 2 is 2.38 bits per heavy atom. The lowest BCUT2D eigenvalue weighted by atomic mass is 10.2. The topological polar surface area (TPSA) is 66.3 Å². The van der Waals surface area contributed by atoms with E-state index >= 15 is 0 Å². The van der Waals surface area contributed by atoms with Gasteiger partial charge in [0, 0.05) is 13.2 Å². The molecule has 0 bridgehead atoms. The molecule has 2 rings (SSSR count). The molecule has 0 aliphatic carbocycles. The maximum absolute atomic E-state index is 10.9. The minimum atomic E-state index is -0.851. The van der Waals surface area contributed by atoms with Gasteiger partial charge in [0.2, 0.25) is 0 Å². The van der Waals surface area contributed by atoms with Crippen molar-refractivity contribution in [3.05, 3.63) is 18.5 Å². The van der Waals surface area contributed by atoms with Crippen LogP contribution in [0.5, 0.6) is 0 Å². The smallest absolute Gasteiger partial charge is 0.326 e. The van der Waals surface area contributed by atoms with Gasteiger partial charge in [0.25, 0.3) is 0 Å². The quantitative estimate of drug-likeness (QED) is 0.878. The monoisotopic (exact) mass is 237 g/mol. The van der Waals surface area contributed by atoms with E-state index < -0.39 is 12.0 Å². The fourth-order valence-electron chi connectivity index (χ4n) is 1.45. The van der Waals surface area contributed by atoms with Gasteiger partial charge in [-0.15, -0.1) is 0 Å². The number of carboxylic acids is 1. The van der Waals surface area contributed by atoms with E-state index in [1.165, 1.54) is 11.5 Å². The fraction of sp³-hybridized carbons (Fsp3) is 0.300. The summed E-state index contributed by atoms with van der Waals surface area (Å²) in [7, 11) is 1.76. The summed E-state index contributed by atoms with van der Waals surface area (Å²) in [6.07, 6.45) is 3.38. The zero-order valence-corrected chi connectivity index (χ0v) is 9.73. The molecule has 2 heterocycles. The van der Waals surface area contributed by atoms with Crippen molar-refractivity contribution in [2.45, 2.75) is 13.0 Å². The summed E-state index contributed by atoms with van der Waals surface area (Å²) in [5.74, 6) is -0.851. The summed E-state index contributed by atoms with van der Waals surface area (Å²) in [6, 6.07) is 1.22. The van der Waals surface area contributed by atoms with Crippen LogP contribution in [0.15, 0.2) is 18.5 Å². The Morgan fingerprint density at radius 1 is 1.62 bits per heavy atom. The van der Waals surface area contributed by atoms with Gasteiger partial charge in [-0.05, 0) is 24.5 Å². The zero-order chi connectivity index (χ0) is 11.7. The van der Waals surface area contributed by atoms with Crippen molar-refractivity contribution in [1.82, 2.24) is 9.36 Å². The molecule has 1 atom stereocenters. The Labute approximate surface area is 96.5 Å². The Kier molecular flexibility index (Phi) is 2.74. The van der Waals surface area contributed by atoms with Crippen LogP contribution < -0.4 is 4.90 Å². The number of aliphatic carboxylic acids is 1. The van der Waals surface area contributed by atoms with Gasteiger partial charge < -0.3 is 10.0 Å². The van der Waals surface area contributed by atoms with Crippen LogP contribution >= 0.6 is 11.5 Å². The van der Waals surface area contributed by atoms with Crippen LogP contribution in [0.1, 0.15) is 6.92 Å². The number of anilines is 1. The lowest BCUT2D eigenvalue weighted by Gasteiger charge is -2.23.